The Hall–Kier alpha value is -1.51. The summed E-state index contributed by atoms with van der Waals surface area (Å²) in [5.41, 5.74) is 2.88. The Labute approximate surface area is 205 Å². The van der Waals surface area contributed by atoms with Gasteiger partial charge in [-0.2, -0.15) is 0 Å². The van der Waals surface area contributed by atoms with Gasteiger partial charge in [0.05, 0.1) is 19.1 Å². The summed E-state index contributed by atoms with van der Waals surface area (Å²) < 4.78 is 31.6. The summed E-state index contributed by atoms with van der Waals surface area (Å²) in [5.74, 6) is 0.753. The number of halogens is 2. The minimum Gasteiger partial charge on any atom is -0.496 e. The normalized spacial score (nSPS) is 18.4. The summed E-state index contributed by atoms with van der Waals surface area (Å²) in [6.45, 7) is 5.36. The minimum atomic E-state index is -3.37. The second-order valence-electron chi connectivity index (χ2n) is 8.12. The van der Waals surface area contributed by atoms with E-state index in [0.717, 1.165) is 30.7 Å². The molecule has 1 heterocycles. The van der Waals surface area contributed by atoms with Crippen LogP contribution in [0.15, 0.2) is 48.5 Å². The standard InChI is InChI=1S/C23H33N3O3S.2ClH/c1-17(2)26(30(4,27)28)20-12-13-22(29-3)19(15-20)16-25-21-11-8-14-24-23(21)18-9-6-5-7-10-18;;/h5-7,9-10,12-13,15,17,21,23-25H,8,11,14,16H2,1-4H3;2*1H/t21-,23-;;/m1../s1. The molecule has 2 aromatic rings. The maximum Gasteiger partial charge on any atom is 0.232 e. The zero-order chi connectivity index (χ0) is 21.7. The van der Waals surface area contributed by atoms with Gasteiger partial charge in [0.15, 0.2) is 0 Å². The number of nitrogens with one attached hydrogen (secondary N) is 2. The van der Waals surface area contributed by atoms with Crippen LogP contribution in [0.5, 0.6) is 5.75 Å². The first kappa shape index (κ1) is 28.5. The lowest BCUT2D eigenvalue weighted by atomic mass is 9.92. The van der Waals surface area contributed by atoms with Gasteiger partial charge in [0, 0.05) is 30.2 Å². The average Bonchev–Trinajstić information content (AvgIpc) is 2.72. The van der Waals surface area contributed by atoms with Gasteiger partial charge >= 0.3 is 0 Å². The molecule has 0 amide bonds. The summed E-state index contributed by atoms with van der Waals surface area (Å²) in [6, 6.07) is 16.4. The highest BCUT2D eigenvalue weighted by Gasteiger charge is 2.26. The Morgan fingerprint density at radius 3 is 2.44 bits per heavy atom. The molecule has 0 spiro atoms. The number of sulfonamides is 1. The molecule has 0 aliphatic carbocycles. The van der Waals surface area contributed by atoms with Crippen LogP contribution in [-0.4, -0.2) is 40.4 Å². The van der Waals surface area contributed by atoms with Crippen molar-refractivity contribution in [2.75, 3.05) is 24.2 Å². The number of anilines is 1. The van der Waals surface area contributed by atoms with Crippen LogP contribution in [0, 0.1) is 0 Å². The third-order valence-electron chi connectivity index (χ3n) is 5.52. The van der Waals surface area contributed by atoms with E-state index in [4.69, 9.17) is 4.74 Å². The number of methoxy groups -OCH3 is 1. The molecular weight excluding hydrogens is 469 g/mol. The number of nitrogens with zero attached hydrogens (tertiary/aromatic N) is 1. The third-order valence-corrected chi connectivity index (χ3v) is 6.86. The monoisotopic (exact) mass is 503 g/mol. The predicted octanol–water partition coefficient (Wildman–Crippen LogP) is 4.30. The third kappa shape index (κ3) is 6.99. The zero-order valence-corrected chi connectivity index (χ0v) is 21.5. The first-order valence-electron chi connectivity index (χ1n) is 10.5. The SMILES string of the molecule is COc1ccc(N(C(C)C)S(C)(=O)=O)cc1CN[C@@H]1CCCN[C@@H]1c1ccccc1.Cl.Cl. The van der Waals surface area contributed by atoms with Crippen LogP contribution in [0.2, 0.25) is 0 Å². The fraction of sp³-hybridized carbons (Fsp3) is 0.478. The van der Waals surface area contributed by atoms with Gasteiger partial charge in [-0.25, -0.2) is 8.42 Å². The summed E-state index contributed by atoms with van der Waals surface area (Å²) in [6.07, 6.45) is 3.44. The van der Waals surface area contributed by atoms with Crippen LogP contribution in [0.25, 0.3) is 0 Å². The van der Waals surface area contributed by atoms with Crippen molar-refractivity contribution >= 4 is 40.5 Å². The Balaban J connectivity index is 0.00000256. The van der Waals surface area contributed by atoms with E-state index in [1.54, 1.807) is 13.2 Å². The summed E-state index contributed by atoms with van der Waals surface area (Å²) in [5, 5.41) is 7.32. The zero-order valence-electron chi connectivity index (χ0n) is 19.1. The Kier molecular flexibility index (Phi) is 11.3. The van der Waals surface area contributed by atoms with E-state index in [9.17, 15) is 8.42 Å². The Morgan fingerprint density at radius 2 is 1.84 bits per heavy atom. The topological polar surface area (TPSA) is 70.7 Å². The fourth-order valence-corrected chi connectivity index (χ4v) is 5.54. The molecule has 32 heavy (non-hydrogen) atoms. The number of rotatable bonds is 8. The number of hydrogen-bond acceptors (Lipinski definition) is 5. The minimum absolute atomic E-state index is 0. The first-order chi connectivity index (χ1) is 14.3. The van der Waals surface area contributed by atoms with E-state index in [2.05, 4.69) is 34.9 Å². The van der Waals surface area contributed by atoms with Gasteiger partial charge in [0.1, 0.15) is 5.75 Å². The van der Waals surface area contributed by atoms with Crippen molar-refractivity contribution in [2.45, 2.75) is 51.4 Å². The fourth-order valence-electron chi connectivity index (χ4n) is 4.27. The predicted molar refractivity (Wildman–Crippen MR) is 137 cm³/mol. The van der Waals surface area contributed by atoms with E-state index in [-0.39, 0.29) is 42.9 Å². The van der Waals surface area contributed by atoms with Crippen LogP contribution < -0.4 is 19.7 Å². The van der Waals surface area contributed by atoms with Gasteiger partial charge in [-0.05, 0) is 57.0 Å². The largest absolute Gasteiger partial charge is 0.496 e. The van der Waals surface area contributed by atoms with E-state index in [0.29, 0.717) is 12.2 Å². The van der Waals surface area contributed by atoms with E-state index in [1.165, 1.54) is 16.1 Å². The molecular formula is C23H35Cl2N3O3S. The van der Waals surface area contributed by atoms with Crippen LogP contribution in [0.3, 0.4) is 0 Å². The van der Waals surface area contributed by atoms with Crippen molar-refractivity contribution in [2.24, 2.45) is 0 Å². The lowest BCUT2D eigenvalue weighted by molar-refractivity contribution is 0.303. The van der Waals surface area contributed by atoms with Crippen LogP contribution in [0.4, 0.5) is 5.69 Å². The molecule has 0 saturated carbocycles. The molecule has 1 aliphatic heterocycles. The highest BCUT2D eigenvalue weighted by atomic mass is 35.5. The second-order valence-corrected chi connectivity index (χ2v) is 9.98. The molecule has 1 aliphatic rings. The molecule has 6 nitrogen and oxygen atoms in total. The van der Waals surface area contributed by atoms with Crippen molar-refractivity contribution in [3.63, 3.8) is 0 Å². The molecule has 0 aromatic heterocycles. The molecule has 0 radical (unpaired) electrons. The molecule has 3 rings (SSSR count). The van der Waals surface area contributed by atoms with Crippen molar-refractivity contribution in [1.82, 2.24) is 10.6 Å². The van der Waals surface area contributed by atoms with Gasteiger partial charge in [-0.15, -0.1) is 24.8 Å². The van der Waals surface area contributed by atoms with Crippen LogP contribution in [0.1, 0.15) is 43.9 Å². The van der Waals surface area contributed by atoms with E-state index >= 15 is 0 Å². The Morgan fingerprint density at radius 1 is 1.16 bits per heavy atom. The van der Waals surface area contributed by atoms with Gasteiger partial charge < -0.3 is 15.4 Å². The van der Waals surface area contributed by atoms with Gasteiger partial charge in [0.25, 0.3) is 0 Å². The van der Waals surface area contributed by atoms with Crippen LogP contribution in [-0.2, 0) is 16.6 Å². The first-order valence-corrected chi connectivity index (χ1v) is 12.3. The van der Waals surface area contributed by atoms with E-state index in [1.807, 2.05) is 32.0 Å². The maximum atomic E-state index is 12.3. The molecule has 0 unspecified atom stereocenters. The van der Waals surface area contributed by atoms with Gasteiger partial charge in [-0.3, -0.25) is 4.31 Å². The second kappa shape index (κ2) is 12.7. The summed E-state index contributed by atoms with van der Waals surface area (Å²) in [7, 11) is -1.73. The molecule has 2 atom stereocenters. The van der Waals surface area contributed by atoms with Crippen molar-refractivity contribution in [3.8, 4) is 5.75 Å². The van der Waals surface area contributed by atoms with Crippen molar-refractivity contribution in [1.29, 1.82) is 0 Å². The highest BCUT2D eigenvalue weighted by Crippen LogP contribution is 2.29. The molecule has 1 fully saturated rings. The number of hydrogen-bond donors (Lipinski definition) is 2. The molecule has 2 aromatic carbocycles. The molecule has 180 valence electrons. The average molecular weight is 505 g/mol. The smallest absolute Gasteiger partial charge is 0.232 e. The van der Waals surface area contributed by atoms with Gasteiger partial charge in [-0.1, -0.05) is 30.3 Å². The molecule has 0 bridgehead atoms. The molecule has 1 saturated heterocycles. The van der Waals surface area contributed by atoms with E-state index < -0.39 is 10.0 Å². The Bertz CT molecular complexity index is 943. The van der Waals surface area contributed by atoms with Gasteiger partial charge in [0.2, 0.25) is 10.0 Å². The van der Waals surface area contributed by atoms with Crippen molar-refractivity contribution < 1.29 is 13.2 Å². The number of benzene rings is 2. The number of piperidine rings is 1. The molecule has 9 heteroatoms. The quantitative estimate of drug-likeness (QED) is 0.561. The maximum absolute atomic E-state index is 12.3. The van der Waals surface area contributed by atoms with Crippen LogP contribution >= 0.6 is 24.8 Å². The summed E-state index contributed by atoms with van der Waals surface area (Å²) >= 11 is 0. The molecule has 2 N–H and O–H groups in total. The summed E-state index contributed by atoms with van der Waals surface area (Å²) in [4.78, 5) is 0. The highest BCUT2D eigenvalue weighted by molar-refractivity contribution is 7.92. The lowest BCUT2D eigenvalue weighted by Gasteiger charge is -2.34. The number of ether oxygens (including phenoxy) is 1. The van der Waals surface area contributed by atoms with Crippen molar-refractivity contribution in [3.05, 3.63) is 59.7 Å². The lowest BCUT2D eigenvalue weighted by Crippen LogP contribution is -2.45.